The lowest BCUT2D eigenvalue weighted by atomic mass is 9.94. The van der Waals surface area contributed by atoms with Crippen LogP contribution in [0.25, 0.3) is 0 Å². The van der Waals surface area contributed by atoms with E-state index in [9.17, 15) is 37.1 Å². The second-order valence-corrected chi connectivity index (χ2v) is 14.5. The Kier molecular flexibility index (Phi) is 18.4. The minimum atomic E-state index is -1.02. The zero-order chi connectivity index (χ0) is 44.6. The van der Waals surface area contributed by atoms with Gasteiger partial charge in [0.05, 0.1) is 36.7 Å². The van der Waals surface area contributed by atoms with Gasteiger partial charge in [-0.1, -0.05) is 97.1 Å². The zero-order valence-electron chi connectivity index (χ0n) is 33.8. The third kappa shape index (κ3) is 14.9. The molecule has 0 bridgehead atoms. The number of carboxylic acid groups (broad SMARTS) is 1. The molecule has 3 heterocycles. The van der Waals surface area contributed by atoms with E-state index >= 15 is 0 Å². The molecule has 0 saturated carbocycles. The quantitative estimate of drug-likeness (QED) is 0.101. The van der Waals surface area contributed by atoms with E-state index in [-0.39, 0.29) is 81.7 Å². The van der Waals surface area contributed by atoms with Crippen LogP contribution in [0, 0.1) is 23.4 Å². The Hall–Kier alpha value is -6.98. The number of halogens is 3. The molecule has 3 fully saturated rings. The molecule has 0 spiro atoms. The molecule has 3 saturated heterocycles. The van der Waals surface area contributed by atoms with Crippen molar-refractivity contribution >= 4 is 38.2 Å². The lowest BCUT2D eigenvalue weighted by molar-refractivity contribution is -0.142. The van der Waals surface area contributed by atoms with Gasteiger partial charge in [0.1, 0.15) is 24.1 Å². The maximum atomic E-state index is 13.0. The van der Waals surface area contributed by atoms with Gasteiger partial charge < -0.3 is 42.0 Å². The fourth-order valence-electron chi connectivity index (χ4n) is 6.81. The molecule has 0 aliphatic carbocycles. The summed E-state index contributed by atoms with van der Waals surface area (Å²) in [6.07, 6.45) is -0.130. The summed E-state index contributed by atoms with van der Waals surface area (Å²) < 4.78 is 43.6. The van der Waals surface area contributed by atoms with Crippen LogP contribution in [0.4, 0.5) is 18.0 Å². The van der Waals surface area contributed by atoms with E-state index < -0.39 is 36.1 Å². The molecule has 5 aromatic rings. The highest BCUT2D eigenvalue weighted by Crippen LogP contribution is 2.30. The van der Waals surface area contributed by atoms with E-state index in [1.165, 1.54) is 48.5 Å². The molecule has 3 radical (unpaired) electrons. The number of nitrogens with one attached hydrogen (secondary N) is 4. The third-order valence-corrected chi connectivity index (χ3v) is 9.96. The van der Waals surface area contributed by atoms with Gasteiger partial charge in [-0.15, -0.1) is 0 Å². The fraction of sp³-hybridized carbons (Fsp3) is 0.239. The predicted molar refractivity (Wildman–Crippen MR) is 226 cm³/mol. The maximum Gasteiger partial charge on any atom is 0.407 e. The molecule has 13 nitrogen and oxygen atoms in total. The number of carboxylic acids is 1. The van der Waals surface area contributed by atoms with Gasteiger partial charge in [0.25, 0.3) is 0 Å². The summed E-state index contributed by atoms with van der Waals surface area (Å²) in [6, 6.07) is 34.4. The smallest absolute Gasteiger partial charge is 0.407 e. The van der Waals surface area contributed by atoms with Crippen molar-refractivity contribution in [2.75, 3.05) is 0 Å². The molecule has 17 heteroatoms. The van der Waals surface area contributed by atoms with Crippen LogP contribution in [0.3, 0.4) is 0 Å². The van der Waals surface area contributed by atoms with Gasteiger partial charge >= 0.3 is 12.1 Å². The van der Waals surface area contributed by atoms with Gasteiger partial charge in [-0.25, -0.2) is 18.0 Å². The van der Waals surface area contributed by atoms with Crippen molar-refractivity contribution in [2.24, 2.45) is 11.7 Å². The number of aliphatic carboxylic acids is 1. The van der Waals surface area contributed by atoms with E-state index in [1.807, 2.05) is 60.7 Å². The Morgan fingerprint density at radius 1 is 0.603 bits per heavy atom. The summed E-state index contributed by atoms with van der Waals surface area (Å²) in [4.78, 5) is 56.8. The van der Waals surface area contributed by atoms with E-state index in [1.54, 1.807) is 24.3 Å². The zero-order valence-corrected chi connectivity index (χ0v) is 33.8. The van der Waals surface area contributed by atoms with E-state index in [2.05, 4.69) is 21.3 Å². The molecule has 327 valence electrons. The number of aliphatic hydroxyl groups is 1. The van der Waals surface area contributed by atoms with Crippen LogP contribution < -0.4 is 27.0 Å². The summed E-state index contributed by atoms with van der Waals surface area (Å²) in [5.41, 5.74) is 9.80. The summed E-state index contributed by atoms with van der Waals surface area (Å²) in [7, 11) is 0. The third-order valence-electron chi connectivity index (χ3n) is 9.96. The number of carbonyl (C=O) groups excluding carboxylic acids is 4. The van der Waals surface area contributed by atoms with E-state index in [0.29, 0.717) is 12.0 Å². The molecule has 0 aromatic heterocycles. The van der Waals surface area contributed by atoms with Crippen LogP contribution >= 0.6 is 0 Å². The Morgan fingerprint density at radius 2 is 1.02 bits per heavy atom. The number of carbonyl (C=O) groups is 5. The average molecular weight is 865 g/mol. The number of benzene rings is 5. The highest BCUT2D eigenvalue weighted by molar-refractivity contribution is 5.87. The molecule has 3 unspecified atom stereocenters. The van der Waals surface area contributed by atoms with Crippen LogP contribution in [-0.4, -0.2) is 60.5 Å². The average Bonchev–Trinajstić information content (AvgIpc) is 3.96. The van der Waals surface area contributed by atoms with Crippen molar-refractivity contribution in [1.29, 1.82) is 0 Å². The van der Waals surface area contributed by atoms with Crippen molar-refractivity contribution < 1.29 is 52.1 Å². The summed E-state index contributed by atoms with van der Waals surface area (Å²) in [5.74, 6) is -3.33. The van der Waals surface area contributed by atoms with E-state index in [0.717, 1.165) is 22.3 Å². The number of hydrogen-bond acceptors (Lipinski definition) is 8. The largest absolute Gasteiger partial charge is 0.481 e. The molecule has 3 aliphatic heterocycles. The SMILES string of the molecule is N[C@H]1CC(=O)NC1c1ccc(F)cc1.O=C1C[C@H](C(=O)O)C(c2ccc(F)cc2)N1.O=C1C[C@H](NC(=O)OCc2ccccc2)C(c2ccc(F)cc2)N1.OCc1ccccc1.[B]. The minimum absolute atomic E-state index is 0. The first-order chi connectivity index (χ1) is 29.8. The van der Waals surface area contributed by atoms with Gasteiger partial charge in [-0.3, -0.25) is 19.2 Å². The van der Waals surface area contributed by atoms with Crippen LogP contribution in [0.2, 0.25) is 0 Å². The van der Waals surface area contributed by atoms with Gasteiger partial charge in [-0.05, 0) is 64.2 Å². The van der Waals surface area contributed by atoms with Gasteiger partial charge in [0, 0.05) is 33.7 Å². The van der Waals surface area contributed by atoms with Crippen molar-refractivity contribution in [1.82, 2.24) is 21.3 Å². The number of alkyl carbamates (subject to hydrolysis) is 1. The highest BCUT2D eigenvalue weighted by atomic mass is 19.1. The summed E-state index contributed by atoms with van der Waals surface area (Å²) in [5, 5.41) is 28.3. The van der Waals surface area contributed by atoms with E-state index in [4.69, 9.17) is 20.7 Å². The second kappa shape index (κ2) is 23.9. The maximum absolute atomic E-state index is 13.0. The first kappa shape index (κ1) is 48.7. The normalized spacial score (nSPS) is 20.6. The number of amides is 4. The number of nitrogens with two attached hydrogens (primary N) is 1. The van der Waals surface area contributed by atoms with Crippen LogP contribution in [0.1, 0.15) is 65.2 Å². The lowest BCUT2D eigenvalue weighted by Crippen LogP contribution is -2.38. The standard InChI is InChI=1S/C18H17FN2O3.C11H10FNO3.C10H11FN2O.C7H8O.B/c19-14-8-6-13(7-9-14)17-15(10-16(22)21-17)20-18(23)24-11-12-4-2-1-3-5-12;12-7-3-1-6(2-4-7)10-8(11(15)16)5-9(14)13-10;11-7-3-1-6(2-4-7)10-8(12)5-9(14)13-10;8-6-7-4-2-1-3-5-7;/h1-9,15,17H,10-11H2,(H,20,23)(H,21,22);1-4,8,10H,5H2,(H,13,14)(H,15,16);1-4,8,10H,5,12H2,(H,13,14);1-5,8H,6H2;/t15-,17?;2*8-,10?;;/m000../s1. The van der Waals surface area contributed by atoms with Crippen molar-refractivity contribution in [3.8, 4) is 0 Å². The van der Waals surface area contributed by atoms with Crippen LogP contribution in [-0.2, 0) is 37.1 Å². The first-order valence-electron chi connectivity index (χ1n) is 19.5. The van der Waals surface area contributed by atoms with Gasteiger partial charge in [0.2, 0.25) is 17.7 Å². The highest BCUT2D eigenvalue weighted by Gasteiger charge is 2.38. The fourth-order valence-corrected chi connectivity index (χ4v) is 6.81. The van der Waals surface area contributed by atoms with Crippen LogP contribution in [0.5, 0.6) is 0 Å². The lowest BCUT2D eigenvalue weighted by Gasteiger charge is -2.20. The molecule has 5 aromatic carbocycles. The minimum Gasteiger partial charge on any atom is -0.481 e. The number of aliphatic hydroxyl groups excluding tert-OH is 1. The molecule has 8 N–H and O–H groups in total. The van der Waals surface area contributed by atoms with Crippen molar-refractivity contribution in [2.45, 2.75) is 62.7 Å². The first-order valence-corrected chi connectivity index (χ1v) is 19.5. The Labute approximate surface area is 363 Å². The van der Waals surface area contributed by atoms with Crippen LogP contribution in [0.15, 0.2) is 133 Å². The molecular formula is C46H46BF3N5O8. The molecule has 6 atom stereocenters. The van der Waals surface area contributed by atoms with Crippen molar-refractivity contribution in [3.63, 3.8) is 0 Å². The molecule has 8 rings (SSSR count). The topological polar surface area (TPSA) is 209 Å². The Balaban J connectivity index is 0.000000195. The number of hydrogen-bond donors (Lipinski definition) is 7. The predicted octanol–water partition coefficient (Wildman–Crippen LogP) is 5.28. The molecule has 3 aliphatic rings. The second-order valence-electron chi connectivity index (χ2n) is 14.5. The molecular weight excluding hydrogens is 818 g/mol. The van der Waals surface area contributed by atoms with Gasteiger partial charge in [0.15, 0.2) is 0 Å². The van der Waals surface area contributed by atoms with Crippen molar-refractivity contribution in [3.05, 3.63) is 179 Å². The number of ether oxygens (including phenoxy) is 1. The van der Waals surface area contributed by atoms with Gasteiger partial charge in [-0.2, -0.15) is 0 Å². The summed E-state index contributed by atoms with van der Waals surface area (Å²) in [6.45, 7) is 0.294. The Bertz CT molecular complexity index is 2260. The molecule has 63 heavy (non-hydrogen) atoms. The number of rotatable bonds is 8. The molecule has 4 amide bonds. The summed E-state index contributed by atoms with van der Waals surface area (Å²) >= 11 is 0. The monoisotopic (exact) mass is 864 g/mol. The Morgan fingerprint density at radius 3 is 1.46 bits per heavy atom.